The van der Waals surface area contributed by atoms with Crippen molar-refractivity contribution in [2.45, 2.75) is 6.42 Å². The minimum atomic E-state index is 0.155. The predicted octanol–water partition coefficient (Wildman–Crippen LogP) is 1.75. The number of aromatic hydroxyl groups is 2. The van der Waals surface area contributed by atoms with Gasteiger partial charge in [0.15, 0.2) is 0 Å². The topological polar surface area (TPSA) is 66.5 Å². The van der Waals surface area contributed by atoms with Gasteiger partial charge in [-0.15, -0.1) is 0 Å². The Morgan fingerprint density at radius 2 is 1.80 bits per heavy atom. The first-order valence-electron chi connectivity index (χ1n) is 4.86. The lowest BCUT2D eigenvalue weighted by molar-refractivity contribution is 0.468. The first kappa shape index (κ1) is 9.80. The molecular formula is C12H13NO2. The van der Waals surface area contributed by atoms with Gasteiger partial charge in [-0.2, -0.15) is 0 Å². The van der Waals surface area contributed by atoms with E-state index in [1.807, 2.05) is 12.1 Å². The van der Waals surface area contributed by atoms with E-state index in [0.29, 0.717) is 18.4 Å². The quantitative estimate of drug-likeness (QED) is 0.696. The molecule has 0 heterocycles. The van der Waals surface area contributed by atoms with Gasteiger partial charge < -0.3 is 15.9 Å². The van der Waals surface area contributed by atoms with Crippen molar-refractivity contribution in [1.82, 2.24) is 0 Å². The molecule has 0 fully saturated rings. The first-order chi connectivity index (χ1) is 7.22. The number of rotatable bonds is 2. The number of nitrogens with two attached hydrogens (primary N) is 1. The van der Waals surface area contributed by atoms with Crippen LogP contribution in [0.5, 0.6) is 11.5 Å². The Morgan fingerprint density at radius 3 is 2.53 bits per heavy atom. The van der Waals surface area contributed by atoms with Crippen molar-refractivity contribution in [2.75, 3.05) is 6.54 Å². The van der Waals surface area contributed by atoms with Crippen LogP contribution >= 0.6 is 0 Å². The molecule has 0 amide bonds. The van der Waals surface area contributed by atoms with Crippen molar-refractivity contribution in [2.24, 2.45) is 5.73 Å². The lowest BCUT2D eigenvalue weighted by atomic mass is 10.0. The van der Waals surface area contributed by atoms with Crippen LogP contribution in [0.4, 0.5) is 0 Å². The zero-order valence-corrected chi connectivity index (χ0v) is 8.27. The Labute approximate surface area is 87.8 Å². The average Bonchev–Trinajstić information content (AvgIpc) is 2.23. The predicted molar refractivity (Wildman–Crippen MR) is 60.0 cm³/mol. The third kappa shape index (κ3) is 1.74. The van der Waals surface area contributed by atoms with E-state index in [-0.39, 0.29) is 11.5 Å². The molecule has 0 saturated carbocycles. The van der Waals surface area contributed by atoms with Crippen molar-refractivity contribution >= 4 is 10.8 Å². The number of phenolic OH excluding ortho intramolecular Hbond substituents is 2. The SMILES string of the molecule is NCCc1ccc2ccc(O)cc2c1O. The van der Waals surface area contributed by atoms with Gasteiger partial charge in [0.25, 0.3) is 0 Å². The molecule has 3 heteroatoms. The van der Waals surface area contributed by atoms with Crippen LogP contribution in [0.1, 0.15) is 5.56 Å². The third-order valence-electron chi connectivity index (χ3n) is 2.47. The monoisotopic (exact) mass is 203 g/mol. The molecule has 0 unspecified atom stereocenters. The average molecular weight is 203 g/mol. The van der Waals surface area contributed by atoms with Crippen LogP contribution in [-0.2, 0) is 6.42 Å². The highest BCUT2D eigenvalue weighted by molar-refractivity contribution is 5.90. The summed E-state index contributed by atoms with van der Waals surface area (Å²) in [5, 5.41) is 20.9. The summed E-state index contributed by atoms with van der Waals surface area (Å²) in [5.41, 5.74) is 6.26. The number of fused-ring (bicyclic) bond motifs is 1. The molecule has 15 heavy (non-hydrogen) atoms. The fourth-order valence-corrected chi connectivity index (χ4v) is 1.69. The van der Waals surface area contributed by atoms with E-state index < -0.39 is 0 Å². The Bertz CT molecular complexity index is 494. The maximum Gasteiger partial charge on any atom is 0.126 e. The lowest BCUT2D eigenvalue weighted by Gasteiger charge is -2.07. The largest absolute Gasteiger partial charge is 0.508 e. The Morgan fingerprint density at radius 1 is 1.07 bits per heavy atom. The van der Waals surface area contributed by atoms with Crippen LogP contribution < -0.4 is 5.73 Å². The second-order valence-electron chi connectivity index (χ2n) is 3.52. The second-order valence-corrected chi connectivity index (χ2v) is 3.52. The molecule has 0 spiro atoms. The van der Waals surface area contributed by atoms with Gasteiger partial charge in [-0.3, -0.25) is 0 Å². The molecule has 78 valence electrons. The summed E-state index contributed by atoms with van der Waals surface area (Å²) in [7, 11) is 0. The van der Waals surface area contributed by atoms with E-state index in [0.717, 1.165) is 10.9 Å². The summed E-state index contributed by atoms with van der Waals surface area (Å²) < 4.78 is 0. The van der Waals surface area contributed by atoms with E-state index in [4.69, 9.17) is 5.73 Å². The number of hydrogen-bond acceptors (Lipinski definition) is 3. The zero-order chi connectivity index (χ0) is 10.8. The molecule has 3 nitrogen and oxygen atoms in total. The molecule has 0 aromatic heterocycles. The molecule has 0 saturated heterocycles. The van der Waals surface area contributed by atoms with E-state index >= 15 is 0 Å². The van der Waals surface area contributed by atoms with Crippen molar-refractivity contribution in [3.8, 4) is 11.5 Å². The van der Waals surface area contributed by atoms with Crippen molar-refractivity contribution in [3.05, 3.63) is 35.9 Å². The summed E-state index contributed by atoms with van der Waals surface area (Å²) in [5.74, 6) is 0.372. The van der Waals surface area contributed by atoms with Crippen LogP contribution in [0.15, 0.2) is 30.3 Å². The minimum Gasteiger partial charge on any atom is -0.508 e. The second kappa shape index (κ2) is 3.79. The first-order valence-corrected chi connectivity index (χ1v) is 4.86. The Kier molecular flexibility index (Phi) is 2.47. The molecule has 4 N–H and O–H groups in total. The fourth-order valence-electron chi connectivity index (χ4n) is 1.69. The minimum absolute atomic E-state index is 0.155. The van der Waals surface area contributed by atoms with Gasteiger partial charge in [0.1, 0.15) is 11.5 Å². The van der Waals surface area contributed by atoms with Crippen LogP contribution in [0.2, 0.25) is 0 Å². The Balaban J connectivity index is 2.65. The zero-order valence-electron chi connectivity index (χ0n) is 8.27. The van der Waals surface area contributed by atoms with E-state index in [1.165, 1.54) is 0 Å². The maximum atomic E-state index is 9.94. The summed E-state index contributed by atoms with van der Waals surface area (Å²) in [4.78, 5) is 0. The third-order valence-corrected chi connectivity index (χ3v) is 2.47. The fraction of sp³-hybridized carbons (Fsp3) is 0.167. The van der Waals surface area contributed by atoms with E-state index in [9.17, 15) is 10.2 Å². The van der Waals surface area contributed by atoms with Gasteiger partial charge in [0.05, 0.1) is 0 Å². The molecule has 0 radical (unpaired) electrons. The van der Waals surface area contributed by atoms with Crippen LogP contribution in [0, 0.1) is 0 Å². The number of phenols is 2. The summed E-state index contributed by atoms with van der Waals surface area (Å²) in [6.07, 6.45) is 0.636. The van der Waals surface area contributed by atoms with Crippen LogP contribution in [0.3, 0.4) is 0 Å². The van der Waals surface area contributed by atoms with Gasteiger partial charge in [0, 0.05) is 5.39 Å². The summed E-state index contributed by atoms with van der Waals surface area (Å²) in [6.45, 7) is 0.498. The maximum absolute atomic E-state index is 9.94. The van der Waals surface area contributed by atoms with Gasteiger partial charge in [-0.05, 0) is 36.0 Å². The van der Waals surface area contributed by atoms with Crippen molar-refractivity contribution in [1.29, 1.82) is 0 Å². The molecular weight excluding hydrogens is 190 g/mol. The molecule has 0 aliphatic heterocycles. The van der Waals surface area contributed by atoms with Gasteiger partial charge >= 0.3 is 0 Å². The van der Waals surface area contributed by atoms with Gasteiger partial charge in [-0.25, -0.2) is 0 Å². The lowest BCUT2D eigenvalue weighted by Crippen LogP contribution is -2.02. The molecule has 0 aliphatic carbocycles. The molecule has 0 aliphatic rings. The standard InChI is InChI=1S/C12H13NO2/c13-6-5-9-2-1-8-3-4-10(14)7-11(8)12(9)15/h1-4,7,14-15H,5-6,13H2. The van der Waals surface area contributed by atoms with Crippen LogP contribution in [0.25, 0.3) is 10.8 Å². The molecule has 2 aromatic rings. The van der Waals surface area contributed by atoms with Crippen LogP contribution in [-0.4, -0.2) is 16.8 Å². The summed E-state index contributed by atoms with van der Waals surface area (Å²) >= 11 is 0. The Hall–Kier alpha value is -1.74. The summed E-state index contributed by atoms with van der Waals surface area (Å²) in [6, 6.07) is 8.72. The van der Waals surface area contributed by atoms with Gasteiger partial charge in [-0.1, -0.05) is 18.2 Å². The number of hydrogen-bond donors (Lipinski definition) is 3. The van der Waals surface area contributed by atoms with E-state index in [1.54, 1.807) is 18.2 Å². The van der Waals surface area contributed by atoms with E-state index in [2.05, 4.69) is 0 Å². The molecule has 2 aromatic carbocycles. The van der Waals surface area contributed by atoms with Crippen molar-refractivity contribution < 1.29 is 10.2 Å². The smallest absolute Gasteiger partial charge is 0.126 e. The molecule has 0 bridgehead atoms. The molecule has 2 rings (SSSR count). The van der Waals surface area contributed by atoms with Crippen molar-refractivity contribution in [3.63, 3.8) is 0 Å². The highest BCUT2D eigenvalue weighted by Crippen LogP contribution is 2.31. The van der Waals surface area contributed by atoms with Gasteiger partial charge in [0.2, 0.25) is 0 Å². The highest BCUT2D eigenvalue weighted by atomic mass is 16.3. The normalized spacial score (nSPS) is 10.7. The number of benzene rings is 2. The molecule has 0 atom stereocenters. The highest BCUT2D eigenvalue weighted by Gasteiger charge is 2.06.